The van der Waals surface area contributed by atoms with E-state index in [0.717, 1.165) is 5.75 Å². The molecule has 2 aromatic rings. The highest BCUT2D eigenvalue weighted by atomic mass is 16.5. The summed E-state index contributed by atoms with van der Waals surface area (Å²) in [4.78, 5) is 0. The highest BCUT2D eigenvalue weighted by molar-refractivity contribution is 5.88. The van der Waals surface area contributed by atoms with Crippen LogP contribution in [0.25, 0.3) is 10.8 Å². The van der Waals surface area contributed by atoms with E-state index in [2.05, 4.69) is 43.3 Å². The second-order valence-electron chi connectivity index (χ2n) is 5.27. The average molecular weight is 241 g/mol. The van der Waals surface area contributed by atoms with Gasteiger partial charge in [-0.1, -0.05) is 30.3 Å². The molecule has 0 aliphatic heterocycles. The molecule has 0 bridgehead atoms. The Balaban J connectivity index is 2.14. The molecule has 2 aromatic carbocycles. The van der Waals surface area contributed by atoms with Gasteiger partial charge in [0.15, 0.2) is 0 Å². The van der Waals surface area contributed by atoms with Crippen molar-refractivity contribution in [1.29, 1.82) is 0 Å². The SMILES string of the molecule is COc1ccc2ccccc2c1[C@@H]1C[C@@H]1[C@@H](C)N. The van der Waals surface area contributed by atoms with E-state index in [1.54, 1.807) is 7.11 Å². The van der Waals surface area contributed by atoms with Crippen molar-refractivity contribution in [2.75, 3.05) is 7.11 Å². The van der Waals surface area contributed by atoms with Gasteiger partial charge >= 0.3 is 0 Å². The average Bonchev–Trinajstić information content (AvgIpc) is 3.17. The Morgan fingerprint density at radius 3 is 2.67 bits per heavy atom. The van der Waals surface area contributed by atoms with Gasteiger partial charge in [-0.05, 0) is 42.0 Å². The molecule has 18 heavy (non-hydrogen) atoms. The molecule has 0 saturated heterocycles. The smallest absolute Gasteiger partial charge is 0.122 e. The summed E-state index contributed by atoms with van der Waals surface area (Å²) in [6.45, 7) is 2.10. The van der Waals surface area contributed by atoms with Crippen LogP contribution in [0.15, 0.2) is 36.4 Å². The van der Waals surface area contributed by atoms with E-state index < -0.39 is 0 Å². The van der Waals surface area contributed by atoms with Crippen LogP contribution in [0.1, 0.15) is 24.8 Å². The van der Waals surface area contributed by atoms with Crippen molar-refractivity contribution >= 4 is 10.8 Å². The number of benzene rings is 2. The first-order valence-corrected chi connectivity index (χ1v) is 6.53. The minimum atomic E-state index is 0.263. The molecular formula is C16H19NO. The zero-order chi connectivity index (χ0) is 12.7. The summed E-state index contributed by atoms with van der Waals surface area (Å²) in [6.07, 6.45) is 1.18. The van der Waals surface area contributed by atoms with E-state index >= 15 is 0 Å². The molecule has 1 fully saturated rings. The van der Waals surface area contributed by atoms with E-state index in [4.69, 9.17) is 10.5 Å². The Kier molecular flexibility index (Phi) is 2.75. The molecular weight excluding hydrogens is 222 g/mol. The summed E-state index contributed by atoms with van der Waals surface area (Å²) < 4.78 is 5.54. The highest BCUT2D eigenvalue weighted by Gasteiger charge is 2.43. The molecule has 2 heteroatoms. The lowest BCUT2D eigenvalue weighted by Crippen LogP contribution is -2.18. The van der Waals surface area contributed by atoms with Gasteiger partial charge in [0.2, 0.25) is 0 Å². The normalized spacial score (nSPS) is 23.9. The summed E-state index contributed by atoms with van der Waals surface area (Å²) in [7, 11) is 1.75. The Labute approximate surface area is 108 Å². The van der Waals surface area contributed by atoms with Crippen molar-refractivity contribution in [3.05, 3.63) is 42.0 Å². The zero-order valence-electron chi connectivity index (χ0n) is 10.9. The molecule has 0 radical (unpaired) electrons. The van der Waals surface area contributed by atoms with Crippen molar-refractivity contribution in [2.24, 2.45) is 11.7 Å². The van der Waals surface area contributed by atoms with Gasteiger partial charge in [-0.25, -0.2) is 0 Å². The van der Waals surface area contributed by atoms with Gasteiger partial charge in [-0.2, -0.15) is 0 Å². The Hall–Kier alpha value is -1.54. The van der Waals surface area contributed by atoms with Gasteiger partial charge in [-0.15, -0.1) is 0 Å². The first-order chi connectivity index (χ1) is 8.72. The van der Waals surface area contributed by atoms with Crippen molar-refractivity contribution in [3.63, 3.8) is 0 Å². The maximum absolute atomic E-state index is 6.02. The molecule has 0 aromatic heterocycles. The van der Waals surface area contributed by atoms with Crippen LogP contribution in [0, 0.1) is 5.92 Å². The summed E-state index contributed by atoms with van der Waals surface area (Å²) in [5.74, 6) is 2.16. The monoisotopic (exact) mass is 241 g/mol. The minimum Gasteiger partial charge on any atom is -0.496 e. The van der Waals surface area contributed by atoms with Crippen LogP contribution in [0.5, 0.6) is 5.75 Å². The standard InChI is InChI=1S/C16H19NO/c1-10(17)13-9-14(13)16-12-6-4-3-5-11(12)7-8-15(16)18-2/h3-8,10,13-14H,9,17H2,1-2H3/t10-,13-,14-/m1/s1. The summed E-state index contributed by atoms with van der Waals surface area (Å²) >= 11 is 0. The molecule has 94 valence electrons. The molecule has 2 N–H and O–H groups in total. The lowest BCUT2D eigenvalue weighted by atomic mass is 9.98. The number of hydrogen-bond donors (Lipinski definition) is 1. The van der Waals surface area contributed by atoms with Crippen LogP contribution in [0.2, 0.25) is 0 Å². The third-order valence-corrected chi connectivity index (χ3v) is 4.04. The topological polar surface area (TPSA) is 35.2 Å². The molecule has 1 aliphatic carbocycles. The van der Waals surface area contributed by atoms with Gasteiger partial charge in [0.05, 0.1) is 7.11 Å². The molecule has 0 spiro atoms. The number of rotatable bonds is 3. The zero-order valence-corrected chi connectivity index (χ0v) is 10.9. The van der Waals surface area contributed by atoms with Crippen LogP contribution in [0.4, 0.5) is 0 Å². The Morgan fingerprint density at radius 1 is 1.22 bits per heavy atom. The van der Waals surface area contributed by atoms with Gasteiger partial charge in [0.1, 0.15) is 5.75 Å². The van der Waals surface area contributed by atoms with Crippen molar-refractivity contribution in [1.82, 2.24) is 0 Å². The lowest BCUT2D eigenvalue weighted by Gasteiger charge is -2.13. The number of methoxy groups -OCH3 is 1. The van der Waals surface area contributed by atoms with Gasteiger partial charge in [-0.3, -0.25) is 0 Å². The second-order valence-corrected chi connectivity index (χ2v) is 5.27. The van der Waals surface area contributed by atoms with Gasteiger partial charge < -0.3 is 10.5 Å². The highest BCUT2D eigenvalue weighted by Crippen LogP contribution is 2.53. The molecule has 3 atom stereocenters. The number of hydrogen-bond acceptors (Lipinski definition) is 2. The predicted molar refractivity (Wildman–Crippen MR) is 75.0 cm³/mol. The van der Waals surface area contributed by atoms with Crippen molar-refractivity contribution < 1.29 is 4.74 Å². The number of nitrogens with two attached hydrogens (primary N) is 1. The minimum absolute atomic E-state index is 0.263. The van der Waals surface area contributed by atoms with E-state index in [9.17, 15) is 0 Å². The van der Waals surface area contributed by atoms with Crippen LogP contribution in [0.3, 0.4) is 0 Å². The number of fused-ring (bicyclic) bond motifs is 1. The van der Waals surface area contributed by atoms with Crippen molar-refractivity contribution in [3.8, 4) is 5.75 Å². The fourth-order valence-electron chi connectivity index (χ4n) is 2.96. The maximum atomic E-state index is 6.02. The van der Waals surface area contributed by atoms with Gasteiger partial charge in [0, 0.05) is 11.6 Å². The molecule has 1 saturated carbocycles. The fraction of sp³-hybridized carbons (Fsp3) is 0.375. The Bertz CT molecular complexity index is 576. The van der Waals surface area contributed by atoms with E-state index in [-0.39, 0.29) is 6.04 Å². The quantitative estimate of drug-likeness (QED) is 0.894. The molecule has 1 aliphatic rings. The van der Waals surface area contributed by atoms with E-state index in [1.165, 1.54) is 22.8 Å². The third kappa shape index (κ3) is 1.77. The molecule has 0 amide bonds. The summed E-state index contributed by atoms with van der Waals surface area (Å²) in [6, 6.07) is 13.0. The fourth-order valence-corrected chi connectivity index (χ4v) is 2.96. The van der Waals surface area contributed by atoms with Crippen molar-refractivity contribution in [2.45, 2.75) is 25.3 Å². The third-order valence-electron chi connectivity index (χ3n) is 4.04. The first-order valence-electron chi connectivity index (χ1n) is 6.53. The van der Waals surface area contributed by atoms with Gasteiger partial charge in [0.25, 0.3) is 0 Å². The predicted octanol–water partition coefficient (Wildman–Crippen LogP) is 3.30. The van der Waals surface area contributed by atoms with E-state index in [1.807, 2.05) is 0 Å². The molecule has 0 heterocycles. The maximum Gasteiger partial charge on any atom is 0.122 e. The molecule has 2 nitrogen and oxygen atoms in total. The van der Waals surface area contributed by atoms with Crippen LogP contribution >= 0.6 is 0 Å². The first kappa shape index (κ1) is 11.5. The van der Waals surface area contributed by atoms with Crippen LogP contribution in [-0.4, -0.2) is 13.2 Å². The Morgan fingerprint density at radius 2 is 2.00 bits per heavy atom. The summed E-state index contributed by atoms with van der Waals surface area (Å²) in [5.41, 5.74) is 7.37. The largest absolute Gasteiger partial charge is 0.496 e. The second kappa shape index (κ2) is 4.29. The van der Waals surface area contributed by atoms with E-state index in [0.29, 0.717) is 11.8 Å². The molecule has 3 rings (SSSR count). The number of ether oxygens (including phenoxy) is 1. The molecule has 0 unspecified atom stereocenters. The van der Waals surface area contributed by atoms with Crippen LogP contribution in [-0.2, 0) is 0 Å². The lowest BCUT2D eigenvalue weighted by molar-refractivity contribution is 0.409. The summed E-state index contributed by atoms with van der Waals surface area (Å²) in [5, 5.41) is 2.59. The van der Waals surface area contributed by atoms with Crippen LogP contribution < -0.4 is 10.5 Å².